The third-order valence-corrected chi connectivity index (χ3v) is 12.0. The molecule has 0 aliphatic carbocycles. The molecule has 1 heterocycles. The summed E-state index contributed by atoms with van der Waals surface area (Å²) >= 11 is 1.98. The maximum absolute atomic E-state index is 12.9. The van der Waals surface area contributed by atoms with E-state index in [4.69, 9.17) is 68.4 Å². The van der Waals surface area contributed by atoms with Gasteiger partial charge in [0.15, 0.2) is 17.5 Å². The molecule has 22 nitrogen and oxygen atoms in total. The van der Waals surface area contributed by atoms with Gasteiger partial charge in [0.05, 0.1) is 6.07 Å². The number of nitriles is 2. The zero-order chi connectivity index (χ0) is 77.3. The van der Waals surface area contributed by atoms with Gasteiger partial charge in [0, 0.05) is 59.0 Å². The molecule has 9 rings (SSSR count). The van der Waals surface area contributed by atoms with E-state index in [0.29, 0.717) is 27.8 Å². The molecule has 1 aliphatic heterocycles. The molecule has 105 heavy (non-hydrogen) atoms. The van der Waals surface area contributed by atoms with Crippen molar-refractivity contribution in [3.8, 4) is 82.8 Å². The van der Waals surface area contributed by atoms with Gasteiger partial charge in [0.1, 0.15) is 46.0 Å². The minimum Gasteiger partial charge on any atom is -1.00 e. The summed E-state index contributed by atoms with van der Waals surface area (Å²) in [6.07, 6.45) is 5.06. The number of terminal acetylenes is 1. The first kappa shape index (κ1) is 102. The summed E-state index contributed by atoms with van der Waals surface area (Å²) in [6.45, 7) is -6.72. The topological polar surface area (TPSA) is 372 Å². The summed E-state index contributed by atoms with van der Waals surface area (Å²) in [6, 6.07) is 49.2. The van der Waals surface area contributed by atoms with Crippen LogP contribution in [-0.2, 0) is 36.0 Å². The maximum atomic E-state index is 12.9. The van der Waals surface area contributed by atoms with Gasteiger partial charge in [0.25, 0.3) is 12.4 Å². The number of phenols is 4. The number of carbonyl (C=O) groups is 4. The number of guanidine groups is 2. The molecule has 1 unspecified atom stereocenters. The van der Waals surface area contributed by atoms with E-state index in [2.05, 4.69) is 80.7 Å². The number of aromatic hydroxyl groups is 4. The average molecular weight is 1730 g/mol. The van der Waals surface area contributed by atoms with E-state index in [1.807, 2.05) is 0 Å². The summed E-state index contributed by atoms with van der Waals surface area (Å²) in [5.41, 5.74) is 16.9. The number of rotatable bonds is 14. The number of aliphatic imine (C=N–C) groups is 2. The van der Waals surface area contributed by atoms with Gasteiger partial charge in [0.2, 0.25) is 11.6 Å². The van der Waals surface area contributed by atoms with Crippen LogP contribution in [0.5, 0.6) is 46.0 Å². The van der Waals surface area contributed by atoms with Gasteiger partial charge in [-0.25, -0.2) is 10.3 Å². The number of phenolic OH excluding ortho intramolecular Hbond substituents is 4. The van der Waals surface area contributed by atoms with Crippen molar-refractivity contribution in [1.82, 2.24) is 4.90 Å². The number of likely N-dealkylation sites (N-methyl/N-ethyl adjacent to an activating group) is 1. The standard InChI is InChI=1S/C17H15F2N3O3.C15H10F2O4.C15H10F2O2.C8H6O.C7H5F2IO.C2H7N3.C2H3N.CHN.CH2O3.CH3.2ClH.2Na.Pd.H/c1-22-14(24)17(21-16(22)20,11-3-2-4-12(23)9-11)10-5-7-13(8-6-10)25-15(18)19;16-15(17)21-12-6-4-9(5-7-12)13(19)14(20)10-2-1-3-11(18)8-10;16-15(17)19-14-8-6-11(7-9-14)4-5-12-2-1-3-13(18)10-12;1-2-7-4-3-5-8(9)6-7;8-7(9)11-6-3-1-5(10)2-4-6;1-5-2(3)4;1-2-3;1-2;2-1-4-3;;;;;;;/h2-9,15,23H,1H3,(H2,20,21);1-8,15,18H;1-3,6-10,15,18H;1,3-6,9H;1-4,7H;1H3,(H4,3,4,5);1H3;1H;1,3H;1H3;2*1H;;;;/q;;;;;;;;;-1;;;2*+1;+2;-1/p-3. The molecule has 552 valence electrons. The molecule has 10 N–H and O–H groups in total. The first-order valence-electron chi connectivity index (χ1n) is 27.3. The number of carbonyl (C=O) groups excluding carboxylic acids is 4. The second-order valence-electron chi connectivity index (χ2n) is 17.9. The summed E-state index contributed by atoms with van der Waals surface area (Å²) in [5, 5.41) is 59.4. The predicted octanol–water partition coefficient (Wildman–Crippen LogP) is 6.68. The van der Waals surface area contributed by atoms with Crippen LogP contribution in [0.25, 0.3) is 0 Å². The summed E-state index contributed by atoms with van der Waals surface area (Å²) in [5.74, 6) is 6.60. The fourth-order valence-electron chi connectivity index (χ4n) is 7.15. The Balaban J connectivity index is -0.000000387. The van der Waals surface area contributed by atoms with Crippen LogP contribution >= 0.6 is 41.6 Å². The molecule has 0 bridgehead atoms. The Morgan fingerprint density at radius 1 is 0.629 bits per heavy atom. The fraction of sp³-hybridized carbons (Fsp3) is 0.116. The van der Waals surface area contributed by atoms with E-state index in [-0.39, 0.29) is 159 Å². The van der Waals surface area contributed by atoms with Gasteiger partial charge in [-0.2, -0.15) is 40.4 Å². The monoisotopic (exact) mass is 1730 g/mol. The molecular formula is C69H62Cl2F8IN8Na2O14Pd-. The molecule has 8 aromatic rings. The van der Waals surface area contributed by atoms with Gasteiger partial charge >= 0.3 is 121 Å². The number of benzene rings is 8. The van der Waals surface area contributed by atoms with Gasteiger partial charge in [-0.15, -0.1) is 6.42 Å². The first-order valence-corrected chi connectivity index (χ1v) is 32.4. The Kier molecular flexibility index (Phi) is 56.3. The molecule has 0 radical (unpaired) electrons. The van der Waals surface area contributed by atoms with Gasteiger partial charge in [-0.1, -0.05) is 66.3 Å². The van der Waals surface area contributed by atoms with Crippen LogP contribution in [0.4, 0.5) is 35.1 Å². The third-order valence-electron chi connectivity index (χ3n) is 11.3. The molecule has 8 aromatic carbocycles. The Morgan fingerprint density at radius 3 is 1.30 bits per heavy atom. The zero-order valence-electron chi connectivity index (χ0n) is 56.8. The van der Waals surface area contributed by atoms with E-state index >= 15 is 0 Å². The number of hydrogen-bond acceptors (Lipinski definition) is 19. The minimum atomic E-state index is -2.96. The van der Waals surface area contributed by atoms with Crippen LogP contribution in [0.15, 0.2) is 204 Å². The van der Waals surface area contributed by atoms with Crippen molar-refractivity contribution in [1.29, 1.82) is 10.5 Å². The summed E-state index contributed by atoms with van der Waals surface area (Å²) in [4.78, 5) is 57.0. The van der Waals surface area contributed by atoms with E-state index in [0.717, 1.165) is 3.57 Å². The van der Waals surface area contributed by atoms with Crippen molar-refractivity contribution < 1.29 is 180 Å². The molecule has 36 heteroatoms. The van der Waals surface area contributed by atoms with Crippen LogP contribution in [0.2, 0.25) is 0 Å². The molecule has 0 fully saturated rings. The fourth-order valence-corrected chi connectivity index (χ4v) is 7.51. The van der Waals surface area contributed by atoms with E-state index in [1.54, 1.807) is 91.0 Å². The minimum absolute atomic E-state index is 0. The number of ether oxygens (including phenoxy) is 4. The van der Waals surface area contributed by atoms with Crippen LogP contribution in [0.1, 0.15) is 56.9 Å². The van der Waals surface area contributed by atoms with Gasteiger partial charge in [-0.3, -0.25) is 29.1 Å². The number of amides is 1. The van der Waals surface area contributed by atoms with Crippen LogP contribution in [0, 0.1) is 58.3 Å². The number of nitrogens with zero attached hydrogens (tertiary/aromatic N) is 5. The average Bonchev–Trinajstić information content (AvgIpc) is 1.56. The van der Waals surface area contributed by atoms with Crippen molar-refractivity contribution in [2.75, 3.05) is 14.1 Å². The second kappa shape index (κ2) is 58.0. The largest absolute Gasteiger partial charge is 1.00 e. The quantitative estimate of drug-likeness (QED) is 0.00485. The normalized spacial score (nSPS) is 11.2. The molecule has 0 saturated heterocycles. The Morgan fingerprint density at radius 2 is 0.962 bits per heavy atom. The predicted molar refractivity (Wildman–Crippen MR) is 371 cm³/mol. The van der Waals surface area contributed by atoms with Crippen molar-refractivity contribution in [2.45, 2.75) is 38.9 Å². The number of Topliss-reactive ketones (excluding diaryl/α,β-unsaturated/α-hetero) is 2. The number of hydrogen-bond donors (Lipinski definition) is 7. The van der Waals surface area contributed by atoms with Crippen molar-refractivity contribution in [3.63, 3.8) is 0 Å². The van der Waals surface area contributed by atoms with Gasteiger partial charge < -0.3 is 75.6 Å². The van der Waals surface area contributed by atoms with Crippen LogP contribution < -0.4 is 101 Å². The van der Waals surface area contributed by atoms with E-state index in [9.17, 15) is 64.8 Å². The molecule has 0 aromatic heterocycles. The smallest absolute Gasteiger partial charge is 1.00 e. The van der Waals surface area contributed by atoms with Crippen molar-refractivity contribution in [3.05, 3.63) is 244 Å². The van der Waals surface area contributed by atoms with Crippen molar-refractivity contribution >= 4 is 77.5 Å². The molecule has 1 atom stereocenters. The summed E-state index contributed by atoms with van der Waals surface area (Å²) < 4.78 is 114. The van der Waals surface area contributed by atoms with E-state index in [1.165, 1.54) is 135 Å². The van der Waals surface area contributed by atoms with E-state index < -0.39 is 49.5 Å². The van der Waals surface area contributed by atoms with Crippen molar-refractivity contribution in [2.24, 2.45) is 27.2 Å². The summed E-state index contributed by atoms with van der Waals surface area (Å²) in [7, 11) is 12.7. The van der Waals surface area contributed by atoms with Crippen LogP contribution in [-0.4, -0.2) is 102 Å². The number of halogens is 11. The molecule has 1 amide bonds. The number of alkyl halides is 8. The Bertz CT molecular complexity index is 4120. The van der Waals surface area contributed by atoms with Crippen LogP contribution in [0.3, 0.4) is 0 Å². The molecule has 0 spiro atoms. The molecule has 1 aliphatic rings. The second-order valence-corrected chi connectivity index (χ2v) is 21.6. The van der Waals surface area contributed by atoms with Gasteiger partial charge in [-0.05, 0) is 179 Å². The first-order chi connectivity index (χ1) is 48.5. The molecular weight excluding hydrogens is 1670 g/mol. The molecule has 0 saturated carbocycles. The number of ketones is 2. The Hall–Kier alpha value is -9.35. The maximum Gasteiger partial charge on any atom is 1.00 e. The Labute approximate surface area is 674 Å². The number of nitrogens with two attached hydrogens (primary N) is 3. The SMILES string of the molecule is C#Cc1cccc(O)c1.C#N.CC#N.CN1C(=O)C(c2ccc(OC(F)F)cc2)(c2cccc(O)c2)N=C1N.CN=C(N)N.FC(F)Oc1ccc(I)cc1.O=C(C(=O)c1cccc(O)c1)c1ccc(OC(F)F)cc1.O=CO[O-].Oc1cccc(C#Cc2ccc(OC(F)F)cc2)c1.[CH3-].[Cl][Pd][Cl].[H-].[Na+].[Na+]. The zero-order valence-corrected chi connectivity index (χ0v) is 65.1. The third kappa shape index (κ3) is 41.7.